The van der Waals surface area contributed by atoms with Gasteiger partial charge in [0.2, 0.25) is 5.91 Å². The summed E-state index contributed by atoms with van der Waals surface area (Å²) in [6.45, 7) is 1.96. The van der Waals surface area contributed by atoms with E-state index in [2.05, 4.69) is 33.7 Å². The van der Waals surface area contributed by atoms with Crippen molar-refractivity contribution in [1.82, 2.24) is 20.1 Å². The highest BCUT2D eigenvalue weighted by Crippen LogP contribution is 2.30. The first-order chi connectivity index (χ1) is 13.6. The van der Waals surface area contributed by atoms with E-state index in [1.54, 1.807) is 6.33 Å². The Labute approximate surface area is 173 Å². The number of rotatable bonds is 5. The van der Waals surface area contributed by atoms with Gasteiger partial charge >= 0.3 is 0 Å². The fraction of sp³-hybridized carbons (Fsp3) is 0.286. The molecule has 1 aliphatic carbocycles. The quantitative estimate of drug-likeness (QED) is 0.626. The summed E-state index contributed by atoms with van der Waals surface area (Å²) in [5, 5.41) is 12.7. The Morgan fingerprint density at radius 3 is 3.04 bits per heavy atom. The summed E-state index contributed by atoms with van der Waals surface area (Å²) in [7, 11) is 0. The molecule has 0 aliphatic heterocycles. The molecule has 0 spiro atoms. The van der Waals surface area contributed by atoms with Gasteiger partial charge in [0.25, 0.3) is 0 Å². The Balaban J connectivity index is 1.41. The Kier molecular flexibility index (Phi) is 5.69. The average molecular weight is 413 g/mol. The maximum atomic E-state index is 12.6. The van der Waals surface area contributed by atoms with Crippen molar-refractivity contribution < 1.29 is 4.79 Å². The molecule has 0 saturated heterocycles. The molecule has 2 aromatic carbocycles. The molecule has 0 saturated carbocycles. The van der Waals surface area contributed by atoms with Crippen LogP contribution in [0.15, 0.2) is 53.9 Å². The van der Waals surface area contributed by atoms with Crippen LogP contribution in [0.4, 0.5) is 0 Å². The van der Waals surface area contributed by atoms with Gasteiger partial charge in [0.05, 0.1) is 17.5 Å². The monoisotopic (exact) mass is 412 g/mol. The SMILES string of the molecule is Cc1ccc(-n2cnnc2SCC(=O)N[C@@H]2CCCc3ccccc32)cc1Cl. The molecule has 1 amide bonds. The van der Waals surface area contributed by atoms with Gasteiger partial charge in [-0.3, -0.25) is 9.36 Å². The summed E-state index contributed by atoms with van der Waals surface area (Å²) in [6.07, 6.45) is 4.79. The average Bonchev–Trinajstić information content (AvgIpc) is 3.17. The second-order valence-electron chi connectivity index (χ2n) is 6.92. The molecule has 144 valence electrons. The molecule has 7 heteroatoms. The normalized spacial score (nSPS) is 15.9. The first-order valence-corrected chi connectivity index (χ1v) is 10.6. The predicted octanol–water partition coefficient (Wildman–Crippen LogP) is 4.52. The third-order valence-electron chi connectivity index (χ3n) is 4.99. The molecule has 0 unspecified atom stereocenters. The van der Waals surface area contributed by atoms with Crippen LogP contribution in [0.1, 0.15) is 35.6 Å². The molecule has 28 heavy (non-hydrogen) atoms. The number of thioether (sulfide) groups is 1. The van der Waals surface area contributed by atoms with Gasteiger partial charge in [-0.25, -0.2) is 0 Å². The molecule has 1 heterocycles. The van der Waals surface area contributed by atoms with E-state index in [4.69, 9.17) is 11.6 Å². The zero-order valence-electron chi connectivity index (χ0n) is 15.6. The van der Waals surface area contributed by atoms with E-state index in [0.717, 1.165) is 30.5 Å². The largest absolute Gasteiger partial charge is 0.349 e. The second kappa shape index (κ2) is 8.37. The Hall–Kier alpha value is -2.31. The second-order valence-corrected chi connectivity index (χ2v) is 8.27. The molecule has 1 N–H and O–H groups in total. The van der Waals surface area contributed by atoms with Gasteiger partial charge in [0, 0.05) is 5.02 Å². The third kappa shape index (κ3) is 4.08. The summed E-state index contributed by atoms with van der Waals surface area (Å²) < 4.78 is 1.85. The van der Waals surface area contributed by atoms with Crippen molar-refractivity contribution in [2.75, 3.05) is 5.75 Å². The van der Waals surface area contributed by atoms with Crippen LogP contribution in [0.25, 0.3) is 5.69 Å². The van der Waals surface area contributed by atoms with Crippen LogP contribution < -0.4 is 5.32 Å². The van der Waals surface area contributed by atoms with Crippen molar-refractivity contribution in [2.45, 2.75) is 37.4 Å². The van der Waals surface area contributed by atoms with Gasteiger partial charge in [-0.05, 0) is 55.0 Å². The molecular formula is C21H21ClN4OS. The van der Waals surface area contributed by atoms with Gasteiger partial charge < -0.3 is 5.32 Å². The van der Waals surface area contributed by atoms with Gasteiger partial charge in [-0.1, -0.05) is 53.7 Å². The van der Waals surface area contributed by atoms with Crippen LogP contribution >= 0.6 is 23.4 Å². The van der Waals surface area contributed by atoms with E-state index in [9.17, 15) is 4.79 Å². The number of hydrogen-bond donors (Lipinski definition) is 1. The van der Waals surface area contributed by atoms with Crippen molar-refractivity contribution in [3.8, 4) is 5.69 Å². The van der Waals surface area contributed by atoms with Crippen molar-refractivity contribution in [3.05, 3.63) is 70.5 Å². The van der Waals surface area contributed by atoms with Crippen molar-refractivity contribution in [1.29, 1.82) is 0 Å². The van der Waals surface area contributed by atoms with Crippen LogP contribution in [0.2, 0.25) is 5.02 Å². The summed E-state index contributed by atoms with van der Waals surface area (Å²) in [4.78, 5) is 12.6. The molecule has 1 atom stereocenters. The van der Waals surface area contributed by atoms with Crippen LogP contribution in [0.5, 0.6) is 0 Å². The maximum Gasteiger partial charge on any atom is 0.230 e. The lowest BCUT2D eigenvalue weighted by molar-refractivity contribution is -0.119. The van der Waals surface area contributed by atoms with Gasteiger partial charge in [-0.15, -0.1) is 10.2 Å². The number of halogens is 1. The predicted molar refractivity (Wildman–Crippen MR) is 112 cm³/mol. The smallest absolute Gasteiger partial charge is 0.230 e. The number of carbonyl (C=O) groups excluding carboxylic acids is 1. The molecule has 1 aromatic heterocycles. The summed E-state index contributed by atoms with van der Waals surface area (Å²) >= 11 is 7.61. The lowest BCUT2D eigenvalue weighted by Gasteiger charge is -2.26. The Morgan fingerprint density at radius 1 is 1.32 bits per heavy atom. The number of fused-ring (bicyclic) bond motifs is 1. The lowest BCUT2D eigenvalue weighted by Crippen LogP contribution is -2.32. The van der Waals surface area contributed by atoms with E-state index in [0.29, 0.717) is 10.2 Å². The molecule has 1 aliphatic rings. The zero-order chi connectivity index (χ0) is 19.5. The van der Waals surface area contributed by atoms with Crippen LogP contribution in [0.3, 0.4) is 0 Å². The summed E-state index contributed by atoms with van der Waals surface area (Å²) in [5.74, 6) is 0.292. The Morgan fingerprint density at radius 2 is 2.18 bits per heavy atom. The number of amides is 1. The fourth-order valence-electron chi connectivity index (χ4n) is 3.50. The first kappa shape index (κ1) is 19.0. The molecule has 0 bridgehead atoms. The molecule has 3 aromatic rings. The van der Waals surface area contributed by atoms with E-state index < -0.39 is 0 Å². The fourth-order valence-corrected chi connectivity index (χ4v) is 4.42. The molecule has 5 nitrogen and oxygen atoms in total. The highest BCUT2D eigenvalue weighted by Gasteiger charge is 2.21. The molecule has 0 radical (unpaired) electrons. The number of aryl methyl sites for hydroxylation is 2. The van der Waals surface area contributed by atoms with E-state index in [1.165, 1.54) is 22.9 Å². The zero-order valence-corrected chi connectivity index (χ0v) is 17.1. The topological polar surface area (TPSA) is 59.8 Å². The van der Waals surface area contributed by atoms with Crippen LogP contribution in [0, 0.1) is 6.92 Å². The highest BCUT2D eigenvalue weighted by atomic mass is 35.5. The summed E-state index contributed by atoms with van der Waals surface area (Å²) in [6, 6.07) is 14.3. The van der Waals surface area contributed by atoms with Gasteiger partial charge in [0.15, 0.2) is 5.16 Å². The van der Waals surface area contributed by atoms with E-state index >= 15 is 0 Å². The minimum absolute atomic E-state index is 0.00296. The standard InChI is InChI=1S/C21H21ClN4OS/c1-14-9-10-16(11-18(14)22)26-13-23-25-21(26)28-12-20(27)24-19-8-4-6-15-5-2-3-7-17(15)19/h2-3,5,7,9-11,13,19H,4,6,8,12H2,1H3,(H,24,27)/t19-/m1/s1. The minimum atomic E-state index is 0.00296. The van der Waals surface area contributed by atoms with Crippen LogP contribution in [-0.4, -0.2) is 26.4 Å². The van der Waals surface area contributed by atoms with Crippen molar-refractivity contribution >= 4 is 29.3 Å². The lowest BCUT2D eigenvalue weighted by atomic mass is 9.88. The summed E-state index contributed by atoms with van der Waals surface area (Å²) in [5.41, 5.74) is 4.47. The third-order valence-corrected chi connectivity index (χ3v) is 6.34. The van der Waals surface area contributed by atoms with Crippen molar-refractivity contribution in [3.63, 3.8) is 0 Å². The maximum absolute atomic E-state index is 12.6. The molecular weight excluding hydrogens is 392 g/mol. The number of benzene rings is 2. The highest BCUT2D eigenvalue weighted by molar-refractivity contribution is 7.99. The van der Waals surface area contributed by atoms with Gasteiger partial charge in [0.1, 0.15) is 6.33 Å². The number of nitrogens with zero attached hydrogens (tertiary/aromatic N) is 3. The molecule has 4 rings (SSSR count). The first-order valence-electron chi connectivity index (χ1n) is 9.28. The van der Waals surface area contributed by atoms with Crippen LogP contribution in [-0.2, 0) is 11.2 Å². The van der Waals surface area contributed by atoms with E-state index in [1.807, 2.05) is 35.8 Å². The number of nitrogens with one attached hydrogen (secondary N) is 1. The Bertz CT molecular complexity index is 1000. The van der Waals surface area contributed by atoms with Crippen molar-refractivity contribution in [2.24, 2.45) is 0 Å². The van der Waals surface area contributed by atoms with Gasteiger partial charge in [-0.2, -0.15) is 0 Å². The molecule has 0 fully saturated rings. The van der Waals surface area contributed by atoms with E-state index in [-0.39, 0.29) is 17.7 Å². The number of hydrogen-bond acceptors (Lipinski definition) is 4. The number of aromatic nitrogens is 3. The minimum Gasteiger partial charge on any atom is -0.349 e. The number of carbonyl (C=O) groups is 1.